The summed E-state index contributed by atoms with van der Waals surface area (Å²) in [6.07, 6.45) is -0.820. The Bertz CT molecular complexity index is 489. The molecule has 1 aromatic carbocycles. The lowest BCUT2D eigenvalue weighted by atomic mass is 10.2. The van der Waals surface area contributed by atoms with Crippen molar-refractivity contribution in [2.24, 2.45) is 0 Å². The van der Waals surface area contributed by atoms with E-state index in [0.29, 0.717) is 26.2 Å². The number of carbonyl (C=O) groups is 1. The molecule has 0 aliphatic carbocycles. The van der Waals surface area contributed by atoms with Crippen molar-refractivity contribution in [1.82, 2.24) is 9.80 Å². The number of β-amino-alcohol motifs (C(OH)–C–C–N with tert-alkyl or cyclic N) is 1. The lowest BCUT2D eigenvalue weighted by molar-refractivity contribution is 0.0408. The first kappa shape index (κ1) is 18.0. The Morgan fingerprint density at radius 3 is 2.52 bits per heavy atom. The maximum Gasteiger partial charge on any atom is 0.409 e. The number of benzene rings is 1. The molecular weight excluding hydrogens is 364 g/mol. The molecule has 1 fully saturated rings. The van der Waals surface area contributed by atoms with Crippen molar-refractivity contribution in [1.29, 1.82) is 0 Å². The van der Waals surface area contributed by atoms with Crippen LogP contribution in [-0.4, -0.2) is 73.0 Å². The van der Waals surface area contributed by atoms with Crippen LogP contribution in [0.5, 0.6) is 5.75 Å². The second-order valence-electron chi connectivity index (χ2n) is 5.41. The van der Waals surface area contributed by atoms with E-state index in [2.05, 4.69) is 20.8 Å². The third-order valence-corrected chi connectivity index (χ3v) is 4.15. The molecule has 1 aliphatic rings. The van der Waals surface area contributed by atoms with Crippen LogP contribution in [-0.2, 0) is 4.74 Å². The fraction of sp³-hybridized carbons (Fsp3) is 0.562. The predicted octanol–water partition coefficient (Wildman–Crippen LogP) is 1.96. The Morgan fingerprint density at radius 2 is 1.91 bits per heavy atom. The monoisotopic (exact) mass is 386 g/mol. The van der Waals surface area contributed by atoms with Gasteiger partial charge in [0, 0.05) is 37.2 Å². The quantitative estimate of drug-likeness (QED) is 0.809. The Labute approximate surface area is 145 Å². The van der Waals surface area contributed by atoms with Gasteiger partial charge in [-0.05, 0) is 31.2 Å². The zero-order valence-corrected chi connectivity index (χ0v) is 14.9. The molecule has 23 heavy (non-hydrogen) atoms. The van der Waals surface area contributed by atoms with Crippen LogP contribution >= 0.6 is 15.9 Å². The zero-order chi connectivity index (χ0) is 16.7. The Balaban J connectivity index is 1.67. The number of halogens is 1. The topological polar surface area (TPSA) is 62.2 Å². The number of ether oxygens (including phenoxy) is 2. The van der Waals surface area contributed by atoms with Gasteiger partial charge in [-0.25, -0.2) is 4.79 Å². The van der Waals surface area contributed by atoms with Crippen LogP contribution in [0.15, 0.2) is 28.7 Å². The number of amides is 1. The first-order valence-corrected chi connectivity index (χ1v) is 8.58. The largest absolute Gasteiger partial charge is 0.491 e. The number of carbonyl (C=O) groups excluding carboxylic acids is 1. The van der Waals surface area contributed by atoms with Gasteiger partial charge in [-0.2, -0.15) is 0 Å². The van der Waals surface area contributed by atoms with E-state index in [1.165, 1.54) is 0 Å². The van der Waals surface area contributed by atoms with Crippen LogP contribution < -0.4 is 4.74 Å². The summed E-state index contributed by atoms with van der Waals surface area (Å²) in [7, 11) is 0. The molecular formula is C16H23BrN2O4. The van der Waals surface area contributed by atoms with Crippen LogP contribution in [0.3, 0.4) is 0 Å². The average Bonchev–Trinajstić information content (AvgIpc) is 2.55. The van der Waals surface area contributed by atoms with E-state index in [4.69, 9.17) is 9.47 Å². The van der Waals surface area contributed by atoms with E-state index in [9.17, 15) is 9.90 Å². The molecule has 1 amide bonds. The number of hydrogen-bond donors (Lipinski definition) is 1. The molecule has 1 saturated heterocycles. The first-order chi connectivity index (χ1) is 11.1. The predicted molar refractivity (Wildman–Crippen MR) is 90.7 cm³/mol. The standard InChI is InChI=1S/C16H23BrN2O4/c1-2-22-16(21)19-9-7-18(8-10-19)11-14(20)12-23-15-5-3-13(17)4-6-15/h3-6,14,20H,2,7-12H2,1H3/t14-/m1/s1. The van der Waals surface area contributed by atoms with Gasteiger partial charge in [-0.1, -0.05) is 15.9 Å². The lowest BCUT2D eigenvalue weighted by Crippen LogP contribution is -2.51. The maximum absolute atomic E-state index is 11.6. The van der Waals surface area contributed by atoms with E-state index in [1.807, 2.05) is 24.3 Å². The number of aliphatic hydroxyl groups is 1. The molecule has 7 heteroatoms. The summed E-state index contributed by atoms with van der Waals surface area (Å²) in [4.78, 5) is 15.5. The smallest absolute Gasteiger partial charge is 0.409 e. The molecule has 1 heterocycles. The van der Waals surface area contributed by atoms with Crippen LogP contribution in [0, 0.1) is 0 Å². The molecule has 1 aromatic rings. The Morgan fingerprint density at radius 1 is 1.26 bits per heavy atom. The second kappa shape index (κ2) is 9.10. The molecule has 0 bridgehead atoms. The van der Waals surface area contributed by atoms with Gasteiger partial charge >= 0.3 is 6.09 Å². The molecule has 1 aliphatic heterocycles. The highest BCUT2D eigenvalue weighted by molar-refractivity contribution is 9.10. The summed E-state index contributed by atoms with van der Waals surface area (Å²) >= 11 is 3.37. The highest BCUT2D eigenvalue weighted by Crippen LogP contribution is 2.16. The maximum atomic E-state index is 11.6. The molecule has 0 aromatic heterocycles. The van der Waals surface area contributed by atoms with E-state index < -0.39 is 6.10 Å². The van der Waals surface area contributed by atoms with Crippen LogP contribution in [0.1, 0.15) is 6.92 Å². The van der Waals surface area contributed by atoms with Crippen molar-refractivity contribution in [2.75, 3.05) is 45.9 Å². The number of aliphatic hydroxyl groups excluding tert-OH is 1. The van der Waals surface area contributed by atoms with Gasteiger partial charge in [0.15, 0.2) is 0 Å². The second-order valence-corrected chi connectivity index (χ2v) is 6.32. The molecule has 128 valence electrons. The molecule has 0 saturated carbocycles. The minimum absolute atomic E-state index is 0.250. The summed E-state index contributed by atoms with van der Waals surface area (Å²) in [5, 5.41) is 10.1. The van der Waals surface area contributed by atoms with Crippen molar-refractivity contribution in [3.63, 3.8) is 0 Å². The number of rotatable bonds is 6. The van der Waals surface area contributed by atoms with Gasteiger partial charge in [0.1, 0.15) is 18.5 Å². The van der Waals surface area contributed by atoms with Crippen molar-refractivity contribution in [2.45, 2.75) is 13.0 Å². The average molecular weight is 387 g/mol. The summed E-state index contributed by atoms with van der Waals surface area (Å²) in [5.74, 6) is 0.736. The van der Waals surface area contributed by atoms with Crippen LogP contribution in [0.4, 0.5) is 4.79 Å². The van der Waals surface area contributed by atoms with Gasteiger partial charge in [0.05, 0.1) is 6.61 Å². The van der Waals surface area contributed by atoms with Gasteiger partial charge in [0.2, 0.25) is 0 Å². The third-order valence-electron chi connectivity index (χ3n) is 3.62. The molecule has 0 radical (unpaired) electrons. The highest BCUT2D eigenvalue weighted by atomic mass is 79.9. The molecule has 0 spiro atoms. The van der Waals surface area contributed by atoms with Gasteiger partial charge in [-0.15, -0.1) is 0 Å². The first-order valence-electron chi connectivity index (χ1n) is 7.79. The van der Waals surface area contributed by atoms with Crippen LogP contribution in [0.2, 0.25) is 0 Å². The van der Waals surface area contributed by atoms with Gasteiger partial charge < -0.3 is 19.5 Å². The summed E-state index contributed by atoms with van der Waals surface area (Å²) in [6, 6.07) is 7.51. The zero-order valence-electron chi connectivity index (χ0n) is 13.3. The lowest BCUT2D eigenvalue weighted by Gasteiger charge is -2.34. The third kappa shape index (κ3) is 6.01. The molecule has 2 rings (SSSR count). The SMILES string of the molecule is CCOC(=O)N1CCN(C[C@@H](O)COc2ccc(Br)cc2)CC1. The van der Waals surface area contributed by atoms with Crippen molar-refractivity contribution < 1.29 is 19.4 Å². The highest BCUT2D eigenvalue weighted by Gasteiger charge is 2.23. The fourth-order valence-electron chi connectivity index (χ4n) is 2.40. The Hall–Kier alpha value is -1.31. The van der Waals surface area contributed by atoms with Gasteiger partial charge in [-0.3, -0.25) is 4.90 Å². The number of piperazine rings is 1. The summed E-state index contributed by atoms with van der Waals surface area (Å²) in [6.45, 7) is 5.69. The van der Waals surface area contributed by atoms with Gasteiger partial charge in [0.25, 0.3) is 0 Å². The molecule has 1 N–H and O–H groups in total. The number of hydrogen-bond acceptors (Lipinski definition) is 5. The van der Waals surface area contributed by atoms with Crippen molar-refractivity contribution >= 4 is 22.0 Å². The molecule has 1 atom stereocenters. The summed E-state index contributed by atoms with van der Waals surface area (Å²) in [5.41, 5.74) is 0. The fourth-order valence-corrected chi connectivity index (χ4v) is 2.67. The minimum Gasteiger partial charge on any atom is -0.491 e. The van der Waals surface area contributed by atoms with Crippen molar-refractivity contribution in [3.05, 3.63) is 28.7 Å². The molecule has 6 nitrogen and oxygen atoms in total. The molecule has 0 unspecified atom stereocenters. The van der Waals surface area contributed by atoms with E-state index in [-0.39, 0.29) is 12.7 Å². The van der Waals surface area contributed by atoms with Crippen LogP contribution in [0.25, 0.3) is 0 Å². The van der Waals surface area contributed by atoms with E-state index >= 15 is 0 Å². The van der Waals surface area contributed by atoms with Crippen molar-refractivity contribution in [3.8, 4) is 5.75 Å². The number of nitrogens with zero attached hydrogens (tertiary/aromatic N) is 2. The van der Waals surface area contributed by atoms with E-state index in [0.717, 1.165) is 23.3 Å². The normalized spacial score (nSPS) is 16.9. The Kier molecular flexibility index (Phi) is 7.14. The summed E-state index contributed by atoms with van der Waals surface area (Å²) < 4.78 is 11.6. The minimum atomic E-state index is -0.562. The van der Waals surface area contributed by atoms with E-state index in [1.54, 1.807) is 11.8 Å².